The molecule has 0 bridgehead atoms. The summed E-state index contributed by atoms with van der Waals surface area (Å²) in [5.41, 5.74) is 6.04. The zero-order chi connectivity index (χ0) is 17.7. The predicted octanol–water partition coefficient (Wildman–Crippen LogP) is 3.74. The van der Waals surface area contributed by atoms with Crippen molar-refractivity contribution in [2.45, 2.75) is 0 Å². The molecule has 1 aromatic heterocycles. The Hall–Kier alpha value is -3.60. The topological polar surface area (TPSA) is 74.2 Å². The molecule has 0 saturated carbocycles. The minimum absolute atomic E-state index is 0.165. The average Bonchev–Trinajstić information content (AvgIpc) is 3.07. The molecule has 5 nitrogen and oxygen atoms in total. The van der Waals surface area contributed by atoms with Crippen LogP contribution in [0.1, 0.15) is 11.1 Å². The molecular formula is C21H15N3O2. The van der Waals surface area contributed by atoms with Crippen LogP contribution in [0, 0.1) is 0 Å². The van der Waals surface area contributed by atoms with E-state index in [2.05, 4.69) is 15.6 Å². The second-order valence-corrected chi connectivity index (χ2v) is 6.34. The van der Waals surface area contributed by atoms with E-state index in [1.165, 1.54) is 0 Å². The van der Waals surface area contributed by atoms with Crippen molar-refractivity contribution in [2.75, 3.05) is 17.2 Å². The van der Waals surface area contributed by atoms with Crippen molar-refractivity contribution in [1.29, 1.82) is 0 Å². The highest BCUT2D eigenvalue weighted by Gasteiger charge is 2.30. The van der Waals surface area contributed by atoms with Crippen molar-refractivity contribution in [3.05, 3.63) is 71.9 Å². The number of para-hydroxylation sites is 1. The summed E-state index contributed by atoms with van der Waals surface area (Å²) >= 11 is 0. The Morgan fingerprint density at radius 3 is 2.62 bits per heavy atom. The van der Waals surface area contributed by atoms with Crippen LogP contribution in [-0.4, -0.2) is 22.5 Å². The van der Waals surface area contributed by atoms with Gasteiger partial charge in [-0.15, -0.1) is 0 Å². The molecule has 5 rings (SSSR count). The van der Waals surface area contributed by atoms with Gasteiger partial charge in [0.05, 0.1) is 5.57 Å². The lowest BCUT2D eigenvalue weighted by molar-refractivity contribution is -0.111. The lowest BCUT2D eigenvalue weighted by atomic mass is 9.89. The molecule has 126 valence electrons. The van der Waals surface area contributed by atoms with Gasteiger partial charge < -0.3 is 15.7 Å². The van der Waals surface area contributed by atoms with Gasteiger partial charge in [-0.25, -0.2) is 4.98 Å². The molecule has 1 amide bonds. The van der Waals surface area contributed by atoms with Gasteiger partial charge in [0.1, 0.15) is 11.6 Å². The van der Waals surface area contributed by atoms with E-state index in [1.54, 1.807) is 30.5 Å². The molecular weight excluding hydrogens is 326 g/mol. The highest BCUT2D eigenvalue weighted by Crippen LogP contribution is 2.44. The maximum absolute atomic E-state index is 13.1. The van der Waals surface area contributed by atoms with E-state index in [9.17, 15) is 9.90 Å². The highest BCUT2D eigenvalue weighted by molar-refractivity contribution is 6.34. The second kappa shape index (κ2) is 5.46. The number of fused-ring (bicyclic) bond motifs is 2. The van der Waals surface area contributed by atoms with Gasteiger partial charge in [0.2, 0.25) is 0 Å². The van der Waals surface area contributed by atoms with Crippen LogP contribution in [0.5, 0.6) is 5.75 Å². The molecule has 3 N–H and O–H groups in total. The molecule has 3 heterocycles. The summed E-state index contributed by atoms with van der Waals surface area (Å²) in [6, 6.07) is 16.5. The van der Waals surface area contributed by atoms with Gasteiger partial charge in [0, 0.05) is 29.6 Å². The Balaban J connectivity index is 1.85. The lowest BCUT2D eigenvalue weighted by Gasteiger charge is -2.20. The Morgan fingerprint density at radius 1 is 0.962 bits per heavy atom. The summed E-state index contributed by atoms with van der Waals surface area (Å²) in [7, 11) is 0. The normalized spacial score (nSPS) is 17.5. The number of phenols is 1. The number of aromatic hydroxyl groups is 1. The summed E-state index contributed by atoms with van der Waals surface area (Å²) in [5.74, 6) is 0.795. The third-order valence-corrected chi connectivity index (χ3v) is 4.84. The summed E-state index contributed by atoms with van der Waals surface area (Å²) < 4.78 is 0. The number of carbonyl (C=O) groups excluding carboxylic acids is 1. The number of benzene rings is 2. The Bertz CT molecular complexity index is 1080. The van der Waals surface area contributed by atoms with E-state index < -0.39 is 0 Å². The fourth-order valence-electron chi connectivity index (χ4n) is 3.68. The Morgan fingerprint density at radius 2 is 1.77 bits per heavy atom. The van der Waals surface area contributed by atoms with Gasteiger partial charge in [-0.1, -0.05) is 30.3 Å². The van der Waals surface area contributed by atoms with Crippen LogP contribution < -0.4 is 10.6 Å². The molecule has 3 aromatic rings. The van der Waals surface area contributed by atoms with Gasteiger partial charge in [0.15, 0.2) is 0 Å². The number of hydrogen-bond acceptors (Lipinski definition) is 4. The predicted molar refractivity (Wildman–Crippen MR) is 102 cm³/mol. The first-order valence-electron chi connectivity index (χ1n) is 8.39. The van der Waals surface area contributed by atoms with Crippen LogP contribution >= 0.6 is 0 Å². The van der Waals surface area contributed by atoms with Crippen LogP contribution in [0.15, 0.2) is 60.8 Å². The van der Waals surface area contributed by atoms with E-state index >= 15 is 0 Å². The summed E-state index contributed by atoms with van der Waals surface area (Å²) in [4.78, 5) is 17.6. The number of nitrogens with zero attached hydrogens (tertiary/aromatic N) is 1. The summed E-state index contributed by atoms with van der Waals surface area (Å²) in [6.45, 7) is 0.533. The number of pyridine rings is 1. The molecule has 2 aliphatic heterocycles. The minimum Gasteiger partial charge on any atom is -0.508 e. The number of anilines is 2. The first-order valence-corrected chi connectivity index (χ1v) is 8.39. The molecule has 2 aliphatic rings. The largest absolute Gasteiger partial charge is 0.508 e. The van der Waals surface area contributed by atoms with E-state index in [-0.39, 0.29) is 11.7 Å². The quantitative estimate of drug-likeness (QED) is 0.630. The van der Waals surface area contributed by atoms with Crippen LogP contribution in [0.4, 0.5) is 11.5 Å². The molecule has 0 radical (unpaired) electrons. The molecule has 0 fully saturated rings. The van der Waals surface area contributed by atoms with Crippen molar-refractivity contribution in [3.63, 3.8) is 0 Å². The SMILES string of the molecule is O=C1Nc2ccccc2-c2ccnc3c2/C(=C\1c1ccc(O)cc1)CN3. The smallest absolute Gasteiger partial charge is 0.256 e. The highest BCUT2D eigenvalue weighted by atomic mass is 16.3. The number of phenolic OH excluding ortho intramolecular Hbond substituents is 1. The van der Waals surface area contributed by atoms with E-state index in [0.29, 0.717) is 12.1 Å². The Kier molecular flexibility index (Phi) is 3.09. The van der Waals surface area contributed by atoms with E-state index in [4.69, 9.17) is 0 Å². The van der Waals surface area contributed by atoms with Gasteiger partial charge in [-0.2, -0.15) is 0 Å². The molecule has 0 spiro atoms. The maximum atomic E-state index is 13.1. The van der Waals surface area contributed by atoms with Gasteiger partial charge >= 0.3 is 0 Å². The lowest BCUT2D eigenvalue weighted by Crippen LogP contribution is -2.18. The number of amides is 1. The maximum Gasteiger partial charge on any atom is 0.256 e. The average molecular weight is 341 g/mol. The third-order valence-electron chi connectivity index (χ3n) is 4.84. The molecule has 0 saturated heterocycles. The van der Waals surface area contributed by atoms with Gasteiger partial charge in [-0.05, 0) is 41.0 Å². The van der Waals surface area contributed by atoms with Gasteiger partial charge in [0.25, 0.3) is 5.91 Å². The molecule has 26 heavy (non-hydrogen) atoms. The van der Waals surface area contributed by atoms with Crippen LogP contribution in [0.3, 0.4) is 0 Å². The first-order chi connectivity index (χ1) is 12.7. The van der Waals surface area contributed by atoms with Crippen LogP contribution in [0.2, 0.25) is 0 Å². The molecule has 2 aromatic carbocycles. The van der Waals surface area contributed by atoms with Crippen molar-refractivity contribution in [2.24, 2.45) is 0 Å². The molecule has 5 heteroatoms. The monoisotopic (exact) mass is 341 g/mol. The van der Waals surface area contributed by atoms with Crippen molar-refractivity contribution < 1.29 is 9.90 Å². The zero-order valence-electron chi connectivity index (χ0n) is 13.8. The second-order valence-electron chi connectivity index (χ2n) is 6.34. The third kappa shape index (κ3) is 2.10. The zero-order valence-corrected chi connectivity index (χ0v) is 13.8. The number of aromatic nitrogens is 1. The summed E-state index contributed by atoms with van der Waals surface area (Å²) in [5, 5.41) is 16.0. The number of hydrogen-bond donors (Lipinski definition) is 3. The number of nitrogens with one attached hydrogen (secondary N) is 2. The minimum atomic E-state index is -0.165. The van der Waals surface area contributed by atoms with E-state index in [0.717, 1.165) is 39.3 Å². The molecule has 0 unspecified atom stereocenters. The van der Waals surface area contributed by atoms with Crippen LogP contribution in [-0.2, 0) is 4.79 Å². The summed E-state index contributed by atoms with van der Waals surface area (Å²) in [6.07, 6.45) is 1.78. The van der Waals surface area contributed by atoms with Crippen molar-refractivity contribution >= 4 is 28.6 Å². The molecule has 0 atom stereocenters. The fraction of sp³-hybridized carbons (Fsp3) is 0.0476. The first kappa shape index (κ1) is 14.7. The van der Waals surface area contributed by atoms with E-state index in [1.807, 2.05) is 30.3 Å². The van der Waals surface area contributed by atoms with Gasteiger partial charge in [-0.3, -0.25) is 4.79 Å². The Labute approximate surface area is 150 Å². The standard InChI is InChI=1S/C21H15N3O2/c25-13-7-5-12(6-8-13)18-16-11-23-20-19(16)15(9-10-22-20)14-3-1-2-4-17(14)24-21(18)26/h1-10,25H,11H2,(H,22,23)(H,24,26). The van der Waals surface area contributed by atoms with Crippen LogP contribution in [0.25, 0.3) is 22.3 Å². The van der Waals surface area contributed by atoms with Crippen molar-refractivity contribution in [3.8, 4) is 16.9 Å². The van der Waals surface area contributed by atoms with Crippen molar-refractivity contribution in [1.82, 2.24) is 4.98 Å². The molecule has 0 aliphatic carbocycles. The number of carbonyl (C=O) groups is 1. The fourth-order valence-corrected chi connectivity index (χ4v) is 3.68. The number of rotatable bonds is 1.